The number of likely N-dealkylation sites (N-methyl/N-ethyl adjacent to an activating group) is 1. The molecule has 4 saturated heterocycles. The second kappa shape index (κ2) is 15.9. The highest BCUT2D eigenvalue weighted by atomic mass is 19.1. The zero-order valence-electron chi connectivity index (χ0n) is 30.2. The summed E-state index contributed by atoms with van der Waals surface area (Å²) >= 11 is 0. The average Bonchev–Trinajstić information content (AvgIpc) is 3.14. The number of carbonyl (C=O) groups is 3. The first-order valence-corrected chi connectivity index (χ1v) is 18.4. The third kappa shape index (κ3) is 7.85. The SMILES string of the molecule is C=CCN1CC(=O)N2[C@@H](CN(Cc3cccc(N4CC(N5CCN(CC)CC5)C4)n3)C(=O)[C@@H]2Cc2ccc(O)cc2F)N1C(=O)NCc1ccccc1. The van der Waals surface area contributed by atoms with E-state index in [1.54, 1.807) is 16.0 Å². The molecule has 4 aliphatic heterocycles. The quantitative estimate of drug-likeness (QED) is 0.288. The van der Waals surface area contributed by atoms with Gasteiger partial charge in [0.15, 0.2) is 0 Å². The molecule has 2 N–H and O–H groups in total. The number of fused-ring (bicyclic) bond motifs is 1. The summed E-state index contributed by atoms with van der Waals surface area (Å²) in [7, 11) is 0. The number of hydrogen-bond donors (Lipinski definition) is 2. The monoisotopic (exact) mass is 725 g/mol. The fourth-order valence-corrected chi connectivity index (χ4v) is 7.85. The molecule has 53 heavy (non-hydrogen) atoms. The lowest BCUT2D eigenvalue weighted by Gasteiger charge is -2.55. The highest BCUT2D eigenvalue weighted by molar-refractivity contribution is 5.91. The van der Waals surface area contributed by atoms with E-state index in [-0.39, 0.29) is 62.3 Å². The van der Waals surface area contributed by atoms with Crippen molar-refractivity contribution in [2.75, 3.05) is 70.3 Å². The predicted molar refractivity (Wildman–Crippen MR) is 198 cm³/mol. The lowest BCUT2D eigenvalue weighted by atomic mass is 9.98. The number of amides is 4. The number of anilines is 1. The number of nitrogens with zero attached hydrogens (tertiary/aromatic N) is 8. The number of rotatable bonds is 11. The highest BCUT2D eigenvalue weighted by Crippen LogP contribution is 2.31. The second-order valence-electron chi connectivity index (χ2n) is 14.1. The van der Waals surface area contributed by atoms with E-state index in [4.69, 9.17) is 4.98 Å². The van der Waals surface area contributed by atoms with Crippen molar-refractivity contribution in [3.63, 3.8) is 0 Å². The smallest absolute Gasteiger partial charge is 0.334 e. The average molecular weight is 726 g/mol. The molecule has 4 amide bonds. The van der Waals surface area contributed by atoms with Crippen LogP contribution in [0.2, 0.25) is 0 Å². The van der Waals surface area contributed by atoms with Crippen molar-refractivity contribution < 1.29 is 23.9 Å². The molecule has 0 unspecified atom stereocenters. The summed E-state index contributed by atoms with van der Waals surface area (Å²) in [5, 5.41) is 16.0. The van der Waals surface area contributed by atoms with Crippen LogP contribution in [0.15, 0.2) is 79.4 Å². The van der Waals surface area contributed by atoms with Crippen LogP contribution in [0.25, 0.3) is 0 Å². The molecule has 0 radical (unpaired) electrons. The zero-order chi connectivity index (χ0) is 37.1. The summed E-state index contributed by atoms with van der Waals surface area (Å²) in [6.07, 6.45) is 0.596. The topological polar surface area (TPSA) is 119 Å². The van der Waals surface area contributed by atoms with Crippen LogP contribution in [0.5, 0.6) is 5.75 Å². The van der Waals surface area contributed by atoms with Crippen molar-refractivity contribution in [3.05, 3.63) is 102 Å². The molecule has 0 spiro atoms. The van der Waals surface area contributed by atoms with Gasteiger partial charge in [-0.25, -0.2) is 24.2 Å². The van der Waals surface area contributed by atoms with Gasteiger partial charge in [0, 0.05) is 70.9 Å². The van der Waals surface area contributed by atoms with Crippen LogP contribution in [-0.4, -0.2) is 141 Å². The number of halogens is 1. The van der Waals surface area contributed by atoms with E-state index in [0.29, 0.717) is 11.7 Å². The van der Waals surface area contributed by atoms with Crippen molar-refractivity contribution in [2.24, 2.45) is 0 Å². The van der Waals surface area contributed by atoms with Gasteiger partial charge in [-0.3, -0.25) is 14.5 Å². The fraction of sp³-hybridized carbons (Fsp3) is 0.436. The van der Waals surface area contributed by atoms with Crippen LogP contribution >= 0.6 is 0 Å². The van der Waals surface area contributed by atoms with Crippen molar-refractivity contribution in [3.8, 4) is 5.75 Å². The maximum Gasteiger partial charge on any atom is 0.334 e. The Morgan fingerprint density at radius 3 is 2.51 bits per heavy atom. The first-order valence-electron chi connectivity index (χ1n) is 18.4. The van der Waals surface area contributed by atoms with Crippen LogP contribution in [-0.2, 0) is 29.1 Å². The van der Waals surface area contributed by atoms with Gasteiger partial charge < -0.3 is 30.0 Å². The van der Waals surface area contributed by atoms with Crippen molar-refractivity contribution in [1.29, 1.82) is 0 Å². The molecule has 3 aromatic rings. The number of hydrogen-bond acceptors (Lipinski definition) is 9. The van der Waals surface area contributed by atoms with Gasteiger partial charge >= 0.3 is 6.03 Å². The number of aromatic hydroxyl groups is 1. The Morgan fingerprint density at radius 1 is 1.02 bits per heavy atom. The number of hydrazine groups is 1. The van der Waals surface area contributed by atoms with Crippen LogP contribution in [0.4, 0.5) is 15.0 Å². The van der Waals surface area contributed by atoms with Crippen molar-refractivity contribution in [1.82, 2.24) is 39.9 Å². The highest BCUT2D eigenvalue weighted by Gasteiger charge is 2.51. The number of aromatic nitrogens is 1. The van der Waals surface area contributed by atoms with E-state index >= 15 is 4.39 Å². The van der Waals surface area contributed by atoms with Gasteiger partial charge in [0.25, 0.3) is 0 Å². The minimum atomic E-state index is -1.11. The van der Waals surface area contributed by atoms with Crippen LogP contribution < -0.4 is 10.2 Å². The molecule has 4 fully saturated rings. The molecule has 0 saturated carbocycles. The molecule has 4 aliphatic rings. The van der Waals surface area contributed by atoms with Crippen molar-refractivity contribution >= 4 is 23.7 Å². The number of piperazine rings is 2. The van der Waals surface area contributed by atoms with E-state index < -0.39 is 24.1 Å². The third-order valence-corrected chi connectivity index (χ3v) is 10.8. The van der Waals surface area contributed by atoms with E-state index in [1.807, 2.05) is 48.5 Å². The first kappa shape index (κ1) is 36.3. The summed E-state index contributed by atoms with van der Waals surface area (Å²) in [5.74, 6) is -0.812. The van der Waals surface area contributed by atoms with Crippen LogP contribution in [0.3, 0.4) is 0 Å². The molecular weight excluding hydrogens is 677 g/mol. The van der Waals surface area contributed by atoms with Gasteiger partial charge in [0.05, 0.1) is 25.3 Å². The molecule has 0 bridgehead atoms. The Balaban J connectivity index is 1.14. The number of phenols is 1. The Bertz CT molecular complexity index is 1800. The molecule has 0 aliphatic carbocycles. The number of pyridine rings is 1. The zero-order valence-corrected chi connectivity index (χ0v) is 30.2. The summed E-state index contributed by atoms with van der Waals surface area (Å²) in [5.41, 5.74) is 1.75. The standard InChI is InChI=1S/C39H48FN9O4/c1-3-15-47-27-37(51)48-34(20-29-13-14-32(50)21-33(29)40)38(52)46(26-36(48)49(47)39(53)41-22-28-9-6-5-7-10-28)23-30-11-8-12-35(42-30)45-24-31(25-45)44-18-16-43(4-2)17-19-44/h3,5-14,21,31,34,36,50H,1,4,15-20,22-27H2,2H3,(H,41,53)/t34-,36+/m0/s1. The summed E-state index contributed by atoms with van der Waals surface area (Å²) in [6, 6.07) is 18.0. The normalized spacial score (nSPS) is 21.8. The molecule has 13 nitrogen and oxygen atoms in total. The fourth-order valence-electron chi connectivity index (χ4n) is 7.85. The van der Waals surface area contributed by atoms with Crippen molar-refractivity contribution in [2.45, 2.75) is 44.7 Å². The summed E-state index contributed by atoms with van der Waals surface area (Å²) in [4.78, 5) is 57.7. The maximum atomic E-state index is 15.2. The maximum absolute atomic E-state index is 15.2. The van der Waals surface area contributed by atoms with Gasteiger partial charge in [0.2, 0.25) is 11.8 Å². The molecular formula is C39H48FN9O4. The molecule has 280 valence electrons. The minimum Gasteiger partial charge on any atom is -0.508 e. The number of carbonyl (C=O) groups excluding carboxylic acids is 3. The van der Waals surface area contributed by atoms with Crippen LogP contribution in [0, 0.1) is 5.82 Å². The molecule has 2 atom stereocenters. The molecule has 1 aromatic heterocycles. The Morgan fingerprint density at radius 2 is 1.79 bits per heavy atom. The molecule has 2 aromatic carbocycles. The minimum absolute atomic E-state index is 0.0208. The van der Waals surface area contributed by atoms with Crippen LogP contribution in [0.1, 0.15) is 23.7 Å². The van der Waals surface area contributed by atoms with Gasteiger partial charge in [-0.2, -0.15) is 0 Å². The Kier molecular flexibility index (Phi) is 10.9. The second-order valence-corrected chi connectivity index (χ2v) is 14.1. The third-order valence-electron chi connectivity index (χ3n) is 10.8. The summed E-state index contributed by atoms with van der Waals surface area (Å²) in [6.45, 7) is 13.7. The Hall–Kier alpha value is -5.05. The van der Waals surface area contributed by atoms with Gasteiger partial charge in [0.1, 0.15) is 29.6 Å². The lowest BCUT2D eigenvalue weighted by Crippen LogP contribution is -2.76. The first-order chi connectivity index (χ1) is 25.7. The molecule has 5 heterocycles. The lowest BCUT2D eigenvalue weighted by molar-refractivity contribution is -0.189. The molecule has 7 rings (SSSR count). The van der Waals surface area contributed by atoms with E-state index in [0.717, 1.165) is 63.3 Å². The van der Waals surface area contributed by atoms with E-state index in [9.17, 15) is 19.5 Å². The number of urea groups is 1. The predicted octanol–water partition coefficient (Wildman–Crippen LogP) is 2.49. The van der Waals surface area contributed by atoms with Gasteiger partial charge in [-0.05, 0) is 35.9 Å². The number of phenolic OH excluding ortho intramolecular Hbond substituents is 1. The number of nitrogens with one attached hydrogen (secondary N) is 1. The Labute approximate surface area is 309 Å². The van der Waals surface area contributed by atoms with Gasteiger partial charge in [-0.1, -0.05) is 55.5 Å². The molecule has 14 heteroatoms. The van der Waals surface area contributed by atoms with E-state index in [2.05, 4.69) is 33.5 Å². The van der Waals surface area contributed by atoms with Gasteiger partial charge in [-0.15, -0.1) is 6.58 Å². The van der Waals surface area contributed by atoms with E-state index in [1.165, 1.54) is 22.0 Å². The largest absolute Gasteiger partial charge is 0.508 e. The summed E-state index contributed by atoms with van der Waals surface area (Å²) < 4.78 is 15.2. The number of benzene rings is 2.